The lowest BCUT2D eigenvalue weighted by atomic mass is 9.96. The van der Waals surface area contributed by atoms with Crippen molar-refractivity contribution in [3.63, 3.8) is 0 Å². The zero-order valence-corrected chi connectivity index (χ0v) is 20.2. The number of aromatic hydroxyl groups is 1. The summed E-state index contributed by atoms with van der Waals surface area (Å²) >= 11 is 0. The Labute approximate surface area is 208 Å². The Balaban J connectivity index is 1.73. The Morgan fingerprint density at radius 3 is 2.44 bits per heavy atom. The number of nitrogens with one attached hydrogen (secondary N) is 1. The fraction of sp³-hybridized carbons (Fsp3) is 0.333. The molecule has 2 N–H and O–H groups in total. The van der Waals surface area contributed by atoms with E-state index in [-0.39, 0.29) is 22.6 Å². The summed E-state index contributed by atoms with van der Waals surface area (Å²) < 4.78 is 39.2. The molecule has 4 rings (SSSR count). The van der Waals surface area contributed by atoms with E-state index in [9.17, 15) is 13.9 Å². The van der Waals surface area contributed by atoms with Gasteiger partial charge in [0.15, 0.2) is 11.6 Å². The number of rotatable bonds is 8. The number of ether oxygens (including phenoxy) is 2. The van der Waals surface area contributed by atoms with Crippen LogP contribution in [0.2, 0.25) is 0 Å². The standard InChI is InChI=1S/C27H28F2N4O3/c1-35-12-9-31-20-7-10-33(11-8-20)25-15-23(34)26(17-5-6-24(36-2)22(29)13-17)27(32-25)18-3-4-19(16-30)21(28)14-18/h3-6,13-15,20,31H,7-12H2,1-2H3,(H,32,34). The first kappa shape index (κ1) is 25.4. The average Bonchev–Trinajstić information content (AvgIpc) is 2.88. The van der Waals surface area contributed by atoms with Gasteiger partial charge in [0.05, 0.1) is 30.5 Å². The van der Waals surface area contributed by atoms with Crippen LogP contribution in [0.3, 0.4) is 0 Å². The van der Waals surface area contributed by atoms with Crippen molar-refractivity contribution in [2.45, 2.75) is 18.9 Å². The molecule has 1 aliphatic rings. The maximum absolute atomic E-state index is 14.5. The summed E-state index contributed by atoms with van der Waals surface area (Å²) in [5, 5.41) is 23.7. The van der Waals surface area contributed by atoms with E-state index in [1.165, 1.54) is 31.4 Å². The predicted molar refractivity (Wildman–Crippen MR) is 133 cm³/mol. The van der Waals surface area contributed by atoms with Crippen molar-refractivity contribution in [1.29, 1.82) is 5.26 Å². The molecule has 0 spiro atoms. The van der Waals surface area contributed by atoms with Crippen molar-refractivity contribution in [1.82, 2.24) is 10.3 Å². The molecule has 7 nitrogen and oxygen atoms in total. The SMILES string of the molecule is COCCNC1CCN(c2cc(O)c(-c3ccc(OC)c(F)c3)c(-c3ccc(C#N)c(F)c3)n2)CC1. The number of methoxy groups -OCH3 is 2. The van der Waals surface area contributed by atoms with Crippen LogP contribution in [0.25, 0.3) is 22.4 Å². The van der Waals surface area contributed by atoms with E-state index in [0.717, 1.165) is 32.5 Å². The highest BCUT2D eigenvalue weighted by Gasteiger charge is 2.24. The van der Waals surface area contributed by atoms with Gasteiger partial charge in [-0.05, 0) is 42.7 Å². The largest absolute Gasteiger partial charge is 0.507 e. The molecule has 0 bridgehead atoms. The normalized spacial score (nSPS) is 14.0. The Hall–Kier alpha value is -3.74. The molecule has 0 atom stereocenters. The van der Waals surface area contributed by atoms with E-state index in [4.69, 9.17) is 19.7 Å². The number of halogens is 2. The minimum absolute atomic E-state index is 0.0655. The number of hydrogen-bond donors (Lipinski definition) is 2. The summed E-state index contributed by atoms with van der Waals surface area (Å²) in [4.78, 5) is 6.86. The lowest BCUT2D eigenvalue weighted by Gasteiger charge is -2.33. The van der Waals surface area contributed by atoms with Crippen LogP contribution in [0.1, 0.15) is 18.4 Å². The molecule has 0 unspecified atom stereocenters. The maximum atomic E-state index is 14.5. The molecule has 1 fully saturated rings. The van der Waals surface area contributed by atoms with Crippen molar-refractivity contribution >= 4 is 5.82 Å². The lowest BCUT2D eigenvalue weighted by molar-refractivity contribution is 0.193. The number of nitrogens with zero attached hydrogens (tertiary/aromatic N) is 3. The number of nitriles is 1. The van der Waals surface area contributed by atoms with Gasteiger partial charge in [0.25, 0.3) is 0 Å². The molecule has 36 heavy (non-hydrogen) atoms. The lowest BCUT2D eigenvalue weighted by Crippen LogP contribution is -2.43. The van der Waals surface area contributed by atoms with E-state index in [1.807, 2.05) is 0 Å². The number of hydrogen-bond acceptors (Lipinski definition) is 7. The number of aromatic nitrogens is 1. The molecule has 2 aromatic carbocycles. The second-order valence-corrected chi connectivity index (χ2v) is 8.59. The fourth-order valence-electron chi connectivity index (χ4n) is 4.43. The third-order valence-electron chi connectivity index (χ3n) is 6.35. The Morgan fingerprint density at radius 1 is 1.08 bits per heavy atom. The molecule has 1 aromatic heterocycles. The second-order valence-electron chi connectivity index (χ2n) is 8.59. The quantitative estimate of drug-likeness (QED) is 0.446. The van der Waals surface area contributed by atoms with Gasteiger partial charge in [-0.2, -0.15) is 5.26 Å². The molecule has 9 heteroatoms. The summed E-state index contributed by atoms with van der Waals surface area (Å²) in [5.41, 5.74) is 1.19. The minimum atomic E-state index is -0.698. The van der Waals surface area contributed by atoms with Gasteiger partial charge in [-0.15, -0.1) is 0 Å². The van der Waals surface area contributed by atoms with Crippen molar-refractivity contribution < 1.29 is 23.4 Å². The predicted octanol–water partition coefficient (Wildman–Crippen LogP) is 4.48. The molecule has 1 saturated heterocycles. The summed E-state index contributed by atoms with van der Waals surface area (Å²) in [6.07, 6.45) is 1.77. The number of pyridine rings is 1. The van der Waals surface area contributed by atoms with Crippen molar-refractivity contribution in [2.75, 3.05) is 45.4 Å². The first-order chi connectivity index (χ1) is 17.4. The number of anilines is 1. The molecular weight excluding hydrogens is 466 g/mol. The van der Waals surface area contributed by atoms with Gasteiger partial charge in [0, 0.05) is 44.4 Å². The minimum Gasteiger partial charge on any atom is -0.507 e. The molecule has 0 radical (unpaired) electrons. The van der Waals surface area contributed by atoms with Crippen molar-refractivity contribution in [3.05, 3.63) is 59.7 Å². The van der Waals surface area contributed by atoms with Crippen molar-refractivity contribution in [3.8, 4) is 40.0 Å². The van der Waals surface area contributed by atoms with Gasteiger partial charge < -0.3 is 24.8 Å². The molecule has 0 amide bonds. The van der Waals surface area contributed by atoms with Gasteiger partial charge in [-0.25, -0.2) is 13.8 Å². The molecule has 188 valence electrons. The third kappa shape index (κ3) is 5.40. The number of piperidine rings is 1. The average molecular weight is 495 g/mol. The zero-order valence-electron chi connectivity index (χ0n) is 20.2. The van der Waals surface area contributed by atoms with Gasteiger partial charge in [0.1, 0.15) is 23.5 Å². The van der Waals surface area contributed by atoms with Crippen LogP contribution in [0.15, 0.2) is 42.5 Å². The Bertz CT molecular complexity index is 1270. The third-order valence-corrected chi connectivity index (χ3v) is 6.35. The smallest absolute Gasteiger partial charge is 0.165 e. The van der Waals surface area contributed by atoms with E-state index in [2.05, 4.69) is 10.2 Å². The van der Waals surface area contributed by atoms with E-state index in [1.54, 1.807) is 31.4 Å². The van der Waals surface area contributed by atoms with Gasteiger partial charge >= 0.3 is 0 Å². The number of benzene rings is 2. The van der Waals surface area contributed by atoms with Crippen LogP contribution in [-0.4, -0.2) is 56.6 Å². The van der Waals surface area contributed by atoms with Crippen LogP contribution in [0.5, 0.6) is 11.5 Å². The zero-order chi connectivity index (χ0) is 25.7. The van der Waals surface area contributed by atoms with Crippen molar-refractivity contribution in [2.24, 2.45) is 0 Å². The molecular formula is C27H28F2N4O3. The van der Waals surface area contributed by atoms with Crippen LogP contribution in [0.4, 0.5) is 14.6 Å². The first-order valence-corrected chi connectivity index (χ1v) is 11.7. The molecule has 1 aliphatic heterocycles. The Morgan fingerprint density at radius 2 is 1.81 bits per heavy atom. The van der Waals surface area contributed by atoms with Gasteiger partial charge in [-0.3, -0.25) is 0 Å². The highest BCUT2D eigenvalue weighted by Crippen LogP contribution is 2.41. The fourth-order valence-corrected chi connectivity index (χ4v) is 4.43. The second kappa shape index (κ2) is 11.3. The summed E-state index contributed by atoms with van der Waals surface area (Å²) in [7, 11) is 3.04. The van der Waals surface area contributed by atoms with E-state index < -0.39 is 11.6 Å². The molecule has 3 aromatic rings. The maximum Gasteiger partial charge on any atom is 0.165 e. The highest BCUT2D eigenvalue weighted by atomic mass is 19.1. The van der Waals surface area contributed by atoms with Gasteiger partial charge in [-0.1, -0.05) is 12.1 Å². The van der Waals surface area contributed by atoms with Crippen LogP contribution >= 0.6 is 0 Å². The topological polar surface area (TPSA) is 90.6 Å². The van der Waals surface area contributed by atoms with Crippen LogP contribution < -0.4 is 15.0 Å². The van der Waals surface area contributed by atoms with Crippen LogP contribution in [-0.2, 0) is 4.74 Å². The first-order valence-electron chi connectivity index (χ1n) is 11.7. The summed E-state index contributed by atoms with van der Waals surface area (Å²) in [5.74, 6) is -0.796. The Kier molecular flexibility index (Phi) is 7.98. The summed E-state index contributed by atoms with van der Waals surface area (Å²) in [6.45, 7) is 2.86. The molecule has 2 heterocycles. The molecule has 0 saturated carbocycles. The van der Waals surface area contributed by atoms with E-state index in [0.29, 0.717) is 35.3 Å². The monoisotopic (exact) mass is 494 g/mol. The van der Waals surface area contributed by atoms with Crippen LogP contribution in [0, 0.1) is 23.0 Å². The van der Waals surface area contributed by atoms with E-state index >= 15 is 0 Å². The van der Waals surface area contributed by atoms with Gasteiger partial charge in [0.2, 0.25) is 0 Å². The molecule has 0 aliphatic carbocycles. The summed E-state index contributed by atoms with van der Waals surface area (Å²) in [6, 6.07) is 12.2. The highest BCUT2D eigenvalue weighted by molar-refractivity contribution is 5.87.